The summed E-state index contributed by atoms with van der Waals surface area (Å²) in [4.78, 5) is 14.3. The number of anilines is 1. The molecule has 2 aromatic heterocycles. The molecule has 1 N–H and O–H groups in total. The van der Waals surface area contributed by atoms with Crippen molar-refractivity contribution in [2.45, 2.75) is 25.7 Å². The van der Waals surface area contributed by atoms with Crippen molar-refractivity contribution in [3.8, 4) is 12.1 Å². The molecule has 120 valence electrons. The van der Waals surface area contributed by atoms with Gasteiger partial charge in [-0.25, -0.2) is 0 Å². The number of carbonyl (C=O) groups is 1. The highest BCUT2D eigenvalue weighted by molar-refractivity contribution is 7.17. The Morgan fingerprint density at radius 3 is 2.71 bits per heavy atom. The summed E-state index contributed by atoms with van der Waals surface area (Å²) in [6, 6.07) is 7.58. The first-order valence-corrected chi connectivity index (χ1v) is 9.36. The Balaban J connectivity index is 1.87. The van der Waals surface area contributed by atoms with Crippen molar-refractivity contribution in [2.24, 2.45) is 0 Å². The molecule has 2 aromatic rings. The van der Waals surface area contributed by atoms with Gasteiger partial charge in [-0.15, -0.1) is 22.7 Å². The fraction of sp³-hybridized carbons (Fsp3) is 0.235. The molecule has 0 atom stereocenters. The maximum atomic E-state index is 12.4. The van der Waals surface area contributed by atoms with E-state index in [1.807, 2.05) is 6.07 Å². The first kappa shape index (κ1) is 16.7. The van der Waals surface area contributed by atoms with Crippen molar-refractivity contribution in [3.05, 3.63) is 42.9 Å². The van der Waals surface area contributed by atoms with Gasteiger partial charge in [0.05, 0.1) is 9.90 Å². The third-order valence-corrected chi connectivity index (χ3v) is 6.14. The molecule has 1 aliphatic carbocycles. The van der Waals surface area contributed by atoms with Gasteiger partial charge in [-0.2, -0.15) is 10.5 Å². The van der Waals surface area contributed by atoms with Crippen LogP contribution in [0.15, 0.2) is 17.7 Å². The molecular weight excluding hydrogens is 362 g/mol. The van der Waals surface area contributed by atoms with Crippen LogP contribution < -0.4 is 5.32 Å². The Labute approximate surface area is 152 Å². The van der Waals surface area contributed by atoms with Gasteiger partial charge in [-0.05, 0) is 49.5 Å². The van der Waals surface area contributed by atoms with E-state index >= 15 is 0 Å². The van der Waals surface area contributed by atoms with Crippen molar-refractivity contribution in [1.29, 1.82) is 10.5 Å². The number of nitriles is 2. The van der Waals surface area contributed by atoms with Crippen molar-refractivity contribution >= 4 is 51.3 Å². The second-order valence-corrected chi connectivity index (χ2v) is 8.14. The third kappa shape index (κ3) is 3.37. The summed E-state index contributed by atoms with van der Waals surface area (Å²) in [5, 5.41) is 22.0. The minimum atomic E-state index is -0.503. The highest BCUT2D eigenvalue weighted by Crippen LogP contribution is 2.37. The van der Waals surface area contributed by atoms with E-state index in [4.69, 9.17) is 11.6 Å². The average molecular weight is 374 g/mol. The third-order valence-electron chi connectivity index (χ3n) is 3.76. The zero-order chi connectivity index (χ0) is 17.1. The lowest BCUT2D eigenvalue weighted by atomic mass is 9.96. The molecule has 0 fully saturated rings. The first-order valence-electron chi connectivity index (χ1n) is 7.35. The summed E-state index contributed by atoms with van der Waals surface area (Å²) in [5.74, 6) is -0.503. The molecule has 0 aliphatic heterocycles. The minimum absolute atomic E-state index is 0.0104. The molecule has 2 heterocycles. The molecule has 0 unspecified atom stereocenters. The smallest absolute Gasteiger partial charge is 0.267 e. The van der Waals surface area contributed by atoms with Gasteiger partial charge in [0.2, 0.25) is 0 Å². The number of aryl methyl sites for hydroxylation is 1. The van der Waals surface area contributed by atoms with E-state index in [1.165, 1.54) is 33.6 Å². The zero-order valence-corrected chi connectivity index (χ0v) is 14.9. The van der Waals surface area contributed by atoms with Crippen LogP contribution in [0.3, 0.4) is 0 Å². The summed E-state index contributed by atoms with van der Waals surface area (Å²) >= 11 is 8.60. The maximum absolute atomic E-state index is 12.4. The molecule has 0 bridgehead atoms. The molecule has 0 saturated carbocycles. The van der Waals surface area contributed by atoms with Crippen LogP contribution in [-0.4, -0.2) is 5.91 Å². The topological polar surface area (TPSA) is 76.7 Å². The monoisotopic (exact) mass is 373 g/mol. The van der Waals surface area contributed by atoms with E-state index in [0.29, 0.717) is 14.9 Å². The van der Waals surface area contributed by atoms with Gasteiger partial charge in [0.15, 0.2) is 0 Å². The van der Waals surface area contributed by atoms with Crippen LogP contribution in [0.2, 0.25) is 4.34 Å². The minimum Gasteiger partial charge on any atom is -0.312 e. The highest BCUT2D eigenvalue weighted by Gasteiger charge is 2.22. The molecule has 3 rings (SSSR count). The van der Waals surface area contributed by atoms with E-state index in [0.717, 1.165) is 36.1 Å². The van der Waals surface area contributed by atoms with Gasteiger partial charge in [0, 0.05) is 9.75 Å². The molecule has 0 radical (unpaired) electrons. The molecule has 1 amide bonds. The number of amides is 1. The normalized spacial score (nSPS) is 13.7. The number of halogens is 1. The Hall–Kier alpha value is -2.12. The van der Waals surface area contributed by atoms with E-state index in [9.17, 15) is 15.3 Å². The van der Waals surface area contributed by atoms with Crippen molar-refractivity contribution in [2.75, 3.05) is 5.32 Å². The lowest BCUT2D eigenvalue weighted by Crippen LogP contribution is -2.13. The molecule has 4 nitrogen and oxygen atoms in total. The molecule has 0 aromatic carbocycles. The van der Waals surface area contributed by atoms with Crippen LogP contribution in [0.4, 0.5) is 5.00 Å². The standard InChI is InChI=1S/C17H12ClN3OS2/c18-15-6-5-11(23-15)7-10(8-19)16(22)21-17-13(9-20)12-3-1-2-4-14(12)24-17/h5-7H,1-4H2,(H,21,22)/b10-7+. The molecule has 0 saturated heterocycles. The predicted molar refractivity (Wildman–Crippen MR) is 97.2 cm³/mol. The van der Waals surface area contributed by atoms with E-state index in [2.05, 4.69) is 11.4 Å². The summed E-state index contributed by atoms with van der Waals surface area (Å²) < 4.78 is 0.594. The lowest BCUT2D eigenvalue weighted by molar-refractivity contribution is -0.112. The zero-order valence-electron chi connectivity index (χ0n) is 12.6. The average Bonchev–Trinajstić information content (AvgIpc) is 3.14. The summed E-state index contributed by atoms with van der Waals surface area (Å²) in [6.07, 6.45) is 5.49. The summed E-state index contributed by atoms with van der Waals surface area (Å²) in [7, 11) is 0. The van der Waals surface area contributed by atoms with Crippen LogP contribution in [0.5, 0.6) is 0 Å². The second kappa shape index (κ2) is 7.19. The lowest BCUT2D eigenvalue weighted by Gasteiger charge is -2.09. The van der Waals surface area contributed by atoms with Gasteiger partial charge in [-0.3, -0.25) is 4.79 Å². The number of fused-ring (bicyclic) bond motifs is 1. The Bertz CT molecular complexity index is 911. The fourth-order valence-electron chi connectivity index (χ4n) is 2.64. The Morgan fingerprint density at radius 1 is 1.25 bits per heavy atom. The van der Waals surface area contributed by atoms with Crippen molar-refractivity contribution in [1.82, 2.24) is 0 Å². The molecular formula is C17H12ClN3OS2. The predicted octanol–water partition coefficient (Wildman–Crippen LogP) is 4.76. The van der Waals surface area contributed by atoms with Crippen LogP contribution in [-0.2, 0) is 17.6 Å². The number of nitrogens with one attached hydrogen (secondary N) is 1. The maximum Gasteiger partial charge on any atom is 0.267 e. The van der Waals surface area contributed by atoms with Crippen LogP contribution in [0.1, 0.15) is 33.7 Å². The summed E-state index contributed by atoms with van der Waals surface area (Å²) in [6.45, 7) is 0. The van der Waals surface area contributed by atoms with Gasteiger partial charge in [0.25, 0.3) is 5.91 Å². The Kier molecular flexibility index (Phi) is 5.01. The number of thiophene rings is 2. The molecule has 24 heavy (non-hydrogen) atoms. The van der Waals surface area contributed by atoms with Gasteiger partial charge < -0.3 is 5.32 Å². The molecule has 1 aliphatic rings. The number of rotatable bonds is 3. The van der Waals surface area contributed by atoms with E-state index in [-0.39, 0.29) is 5.57 Å². The van der Waals surface area contributed by atoms with Gasteiger partial charge in [-0.1, -0.05) is 11.6 Å². The van der Waals surface area contributed by atoms with Crippen molar-refractivity contribution in [3.63, 3.8) is 0 Å². The van der Waals surface area contributed by atoms with Crippen LogP contribution >= 0.6 is 34.3 Å². The number of nitrogens with zero attached hydrogens (tertiary/aromatic N) is 2. The Morgan fingerprint density at radius 2 is 2.04 bits per heavy atom. The number of hydrogen-bond donors (Lipinski definition) is 1. The number of carbonyl (C=O) groups excluding carboxylic acids is 1. The first-order chi connectivity index (χ1) is 11.6. The molecule has 0 spiro atoms. The van der Waals surface area contributed by atoms with Crippen LogP contribution in [0.25, 0.3) is 6.08 Å². The van der Waals surface area contributed by atoms with Gasteiger partial charge in [0.1, 0.15) is 22.7 Å². The molecule has 7 heteroatoms. The SMILES string of the molecule is N#C/C(=C\c1ccc(Cl)s1)C(=O)Nc1sc2c(c1C#N)CCCC2. The van der Waals surface area contributed by atoms with Crippen molar-refractivity contribution < 1.29 is 4.79 Å². The number of hydrogen-bond acceptors (Lipinski definition) is 5. The largest absolute Gasteiger partial charge is 0.312 e. The quantitative estimate of drug-likeness (QED) is 0.622. The summed E-state index contributed by atoms with van der Waals surface area (Å²) in [5.41, 5.74) is 1.58. The highest BCUT2D eigenvalue weighted by atomic mass is 35.5. The fourth-order valence-corrected chi connectivity index (χ4v) is 4.88. The van der Waals surface area contributed by atoms with E-state index in [1.54, 1.807) is 12.1 Å². The van der Waals surface area contributed by atoms with E-state index < -0.39 is 5.91 Å². The second-order valence-electron chi connectivity index (χ2n) is 5.29. The van der Waals surface area contributed by atoms with Crippen LogP contribution in [0, 0.1) is 22.7 Å². The van der Waals surface area contributed by atoms with Gasteiger partial charge >= 0.3 is 0 Å².